The number of hydrogen-bond donors (Lipinski definition) is 2. The minimum atomic E-state index is -0.391. The Balaban J connectivity index is 1.24. The van der Waals surface area contributed by atoms with E-state index in [1.54, 1.807) is 30.5 Å². The molecule has 176 valence electrons. The van der Waals surface area contributed by atoms with Gasteiger partial charge in [-0.2, -0.15) is 0 Å². The molecule has 2 fully saturated rings. The number of benzene rings is 1. The highest BCUT2D eigenvalue weighted by Crippen LogP contribution is 2.24. The average molecular weight is 475 g/mol. The molecule has 2 saturated heterocycles. The Morgan fingerprint density at radius 3 is 3.03 bits per heavy atom. The van der Waals surface area contributed by atoms with Gasteiger partial charge in [0.2, 0.25) is 0 Å². The quantitative estimate of drug-likeness (QED) is 0.442. The van der Waals surface area contributed by atoms with E-state index in [0.29, 0.717) is 29.6 Å². The summed E-state index contributed by atoms with van der Waals surface area (Å²) in [5.41, 5.74) is 4.04. The van der Waals surface area contributed by atoms with Crippen LogP contribution in [0.4, 0.5) is 10.2 Å². The number of ether oxygens (including phenoxy) is 1. The lowest BCUT2D eigenvalue weighted by atomic mass is 10.2. The van der Waals surface area contributed by atoms with Crippen molar-refractivity contribution in [2.75, 3.05) is 25.0 Å². The topological polar surface area (TPSA) is 75.7 Å². The van der Waals surface area contributed by atoms with E-state index in [1.807, 2.05) is 6.07 Å². The summed E-state index contributed by atoms with van der Waals surface area (Å²) in [6.07, 6.45) is 8.00. The van der Waals surface area contributed by atoms with Gasteiger partial charge in [0.25, 0.3) is 5.91 Å². The number of hydroxylamine groups is 1. The smallest absolute Gasteiger partial charge is 0.267 e. The van der Waals surface area contributed by atoms with Gasteiger partial charge < -0.3 is 10.1 Å². The van der Waals surface area contributed by atoms with Crippen LogP contribution in [0.3, 0.4) is 0 Å². The van der Waals surface area contributed by atoms with Crippen LogP contribution in [-0.4, -0.2) is 47.8 Å². The molecule has 7 nitrogen and oxygen atoms in total. The molecule has 4 rings (SSSR count). The average Bonchev–Trinajstić information content (AvgIpc) is 3.25. The fourth-order valence-corrected chi connectivity index (χ4v) is 4.19. The van der Waals surface area contributed by atoms with Gasteiger partial charge in [0.15, 0.2) is 6.29 Å². The van der Waals surface area contributed by atoms with Gasteiger partial charge >= 0.3 is 0 Å². The van der Waals surface area contributed by atoms with Gasteiger partial charge in [-0.25, -0.2) is 19.7 Å². The highest BCUT2D eigenvalue weighted by molar-refractivity contribution is 6.33. The van der Waals surface area contributed by atoms with Crippen LogP contribution in [0.2, 0.25) is 5.02 Å². The number of likely N-dealkylation sites (tertiary alicyclic amines) is 1. The van der Waals surface area contributed by atoms with E-state index >= 15 is 0 Å². The number of carbonyl (C=O) groups is 1. The second-order valence-corrected chi connectivity index (χ2v) is 8.71. The predicted octanol–water partition coefficient (Wildman–Crippen LogP) is 4.15. The minimum Gasteiger partial charge on any atom is -0.365 e. The van der Waals surface area contributed by atoms with Crippen molar-refractivity contribution in [2.45, 2.75) is 44.6 Å². The summed E-state index contributed by atoms with van der Waals surface area (Å²) in [5, 5.41) is 3.87. The van der Waals surface area contributed by atoms with E-state index < -0.39 is 6.29 Å². The Labute approximate surface area is 197 Å². The zero-order chi connectivity index (χ0) is 23.0. The number of carbonyl (C=O) groups excluding carboxylic acids is 1. The van der Waals surface area contributed by atoms with E-state index in [2.05, 4.69) is 20.7 Å². The molecule has 0 saturated carbocycles. The van der Waals surface area contributed by atoms with Crippen molar-refractivity contribution in [2.24, 2.45) is 0 Å². The normalized spacial score (nSPS) is 21.4. The summed E-state index contributed by atoms with van der Waals surface area (Å²) in [6, 6.07) is 8.65. The molecule has 1 aromatic heterocycles. The van der Waals surface area contributed by atoms with Crippen LogP contribution in [0, 0.1) is 5.82 Å². The molecule has 2 aromatic rings. The maximum absolute atomic E-state index is 13.4. The first-order chi connectivity index (χ1) is 16.0. The highest BCUT2D eigenvalue weighted by Gasteiger charge is 2.23. The van der Waals surface area contributed by atoms with Crippen molar-refractivity contribution in [1.82, 2.24) is 15.4 Å². The zero-order valence-corrected chi connectivity index (χ0v) is 19.1. The van der Waals surface area contributed by atoms with Gasteiger partial charge in [0, 0.05) is 51.0 Å². The van der Waals surface area contributed by atoms with Crippen LogP contribution in [0.1, 0.15) is 36.8 Å². The first-order valence-corrected chi connectivity index (χ1v) is 11.6. The summed E-state index contributed by atoms with van der Waals surface area (Å²) < 4.78 is 18.8. The number of pyridine rings is 1. The van der Waals surface area contributed by atoms with Gasteiger partial charge in [-0.05, 0) is 54.7 Å². The SMILES string of the molecule is O=C(/C=C/c1cnc(N[C@@H]2CCN(Cc3cccc(F)c3)C2)c(Cl)c1)NOC1CCCCO1. The number of hydrogen-bond acceptors (Lipinski definition) is 6. The number of halogens is 2. The molecule has 1 unspecified atom stereocenters. The highest BCUT2D eigenvalue weighted by atomic mass is 35.5. The predicted molar refractivity (Wildman–Crippen MR) is 125 cm³/mol. The summed E-state index contributed by atoms with van der Waals surface area (Å²) in [7, 11) is 0. The molecular formula is C24H28ClFN4O3. The van der Waals surface area contributed by atoms with Crippen LogP contribution in [-0.2, 0) is 20.9 Å². The lowest BCUT2D eigenvalue weighted by molar-refractivity contribution is -0.198. The van der Waals surface area contributed by atoms with E-state index in [-0.39, 0.29) is 17.8 Å². The molecule has 1 aromatic carbocycles. The number of nitrogens with zero attached hydrogens (tertiary/aromatic N) is 2. The summed E-state index contributed by atoms with van der Waals surface area (Å²) >= 11 is 6.41. The Kier molecular flexibility index (Phi) is 8.28. The zero-order valence-electron chi connectivity index (χ0n) is 18.3. The van der Waals surface area contributed by atoms with Gasteiger partial charge in [-0.3, -0.25) is 9.69 Å². The standard InChI is InChI=1S/C24H28ClFN4O3/c25-21-13-17(7-8-22(31)29-33-23-6-1-2-11-32-23)14-27-24(21)28-20-9-10-30(16-20)15-18-4-3-5-19(26)12-18/h3-5,7-8,12-14,20,23H,1-2,6,9-11,15-16H2,(H,27,28)(H,29,31)/b8-7+/t20-,23?/m1/s1. The van der Waals surface area contributed by atoms with Crippen molar-refractivity contribution in [1.29, 1.82) is 0 Å². The molecule has 0 aliphatic carbocycles. The van der Waals surface area contributed by atoms with Gasteiger partial charge in [-0.1, -0.05) is 23.7 Å². The van der Waals surface area contributed by atoms with Crippen molar-refractivity contribution in [3.05, 3.63) is 64.6 Å². The lowest BCUT2D eigenvalue weighted by Crippen LogP contribution is -2.32. The molecule has 3 heterocycles. The van der Waals surface area contributed by atoms with E-state index in [1.165, 1.54) is 12.1 Å². The molecule has 33 heavy (non-hydrogen) atoms. The monoisotopic (exact) mass is 474 g/mol. The van der Waals surface area contributed by atoms with E-state index in [4.69, 9.17) is 21.2 Å². The molecule has 2 aliphatic rings. The van der Waals surface area contributed by atoms with Crippen LogP contribution in [0.25, 0.3) is 6.08 Å². The summed E-state index contributed by atoms with van der Waals surface area (Å²) in [6.45, 7) is 3.09. The van der Waals surface area contributed by atoms with Crippen molar-refractivity contribution in [3.63, 3.8) is 0 Å². The Morgan fingerprint density at radius 2 is 2.24 bits per heavy atom. The second kappa shape index (κ2) is 11.6. The molecule has 0 spiro atoms. The molecule has 2 atom stereocenters. The summed E-state index contributed by atoms with van der Waals surface area (Å²) in [5.74, 6) is 0.00948. The van der Waals surface area contributed by atoms with Crippen LogP contribution in [0.15, 0.2) is 42.6 Å². The van der Waals surface area contributed by atoms with Crippen molar-refractivity contribution in [3.8, 4) is 0 Å². The first-order valence-electron chi connectivity index (χ1n) is 11.2. The number of rotatable bonds is 8. The third-order valence-electron chi connectivity index (χ3n) is 5.63. The molecule has 0 bridgehead atoms. The van der Waals surface area contributed by atoms with E-state index in [9.17, 15) is 9.18 Å². The minimum absolute atomic E-state index is 0.204. The molecule has 0 radical (unpaired) electrons. The number of nitrogens with one attached hydrogen (secondary N) is 2. The maximum atomic E-state index is 13.4. The molecule has 1 amide bonds. The third kappa shape index (κ3) is 7.23. The van der Waals surface area contributed by atoms with Crippen LogP contribution >= 0.6 is 11.6 Å². The Morgan fingerprint density at radius 1 is 1.33 bits per heavy atom. The summed E-state index contributed by atoms with van der Waals surface area (Å²) in [4.78, 5) is 23.9. The van der Waals surface area contributed by atoms with Crippen LogP contribution in [0.5, 0.6) is 0 Å². The lowest BCUT2D eigenvalue weighted by Gasteiger charge is -2.21. The molecule has 9 heteroatoms. The largest absolute Gasteiger partial charge is 0.365 e. The fraction of sp³-hybridized carbons (Fsp3) is 0.417. The molecular weight excluding hydrogens is 447 g/mol. The van der Waals surface area contributed by atoms with Gasteiger partial charge in [-0.15, -0.1) is 0 Å². The Hall–Kier alpha value is -2.52. The van der Waals surface area contributed by atoms with Crippen molar-refractivity contribution < 1.29 is 18.8 Å². The van der Waals surface area contributed by atoms with Crippen LogP contribution < -0.4 is 10.8 Å². The number of amides is 1. The third-order valence-corrected chi connectivity index (χ3v) is 5.91. The number of anilines is 1. The van der Waals surface area contributed by atoms with Gasteiger partial charge in [0.05, 0.1) is 5.02 Å². The van der Waals surface area contributed by atoms with Gasteiger partial charge in [0.1, 0.15) is 11.6 Å². The maximum Gasteiger partial charge on any atom is 0.267 e. The second-order valence-electron chi connectivity index (χ2n) is 8.31. The molecule has 2 aliphatic heterocycles. The fourth-order valence-electron chi connectivity index (χ4n) is 3.96. The molecule has 2 N–H and O–H groups in total. The first kappa shape index (κ1) is 23.6. The van der Waals surface area contributed by atoms with E-state index in [0.717, 1.165) is 44.3 Å². The van der Waals surface area contributed by atoms with Crippen molar-refractivity contribution >= 4 is 29.4 Å². The number of aromatic nitrogens is 1. The Bertz CT molecular complexity index is 984.